The van der Waals surface area contributed by atoms with Crippen molar-refractivity contribution in [1.29, 1.82) is 5.26 Å². The molecule has 1 aromatic carbocycles. The fourth-order valence-electron chi connectivity index (χ4n) is 2.54. The Labute approximate surface area is 121 Å². The molecule has 0 aliphatic carbocycles. The average molecular weight is 292 g/mol. The Morgan fingerprint density at radius 2 is 1.65 bits per heavy atom. The second kappa shape index (κ2) is 6.87. The summed E-state index contributed by atoms with van der Waals surface area (Å²) in [5.74, 6) is -0.0727. The zero-order valence-electron chi connectivity index (χ0n) is 11.6. The Balaban J connectivity index is 2.15. The molecule has 1 aliphatic heterocycles. The van der Waals surface area contributed by atoms with Crippen LogP contribution in [-0.4, -0.2) is 25.8 Å². The zero-order chi connectivity index (χ0) is 14.4. The van der Waals surface area contributed by atoms with Crippen molar-refractivity contribution in [3.05, 3.63) is 35.4 Å². The Kier molecular flexibility index (Phi) is 5.16. The van der Waals surface area contributed by atoms with Gasteiger partial charge >= 0.3 is 0 Å². The van der Waals surface area contributed by atoms with E-state index in [1.165, 1.54) is 6.42 Å². The van der Waals surface area contributed by atoms with Gasteiger partial charge in [-0.25, -0.2) is 12.7 Å². The van der Waals surface area contributed by atoms with Gasteiger partial charge in [0.15, 0.2) is 0 Å². The summed E-state index contributed by atoms with van der Waals surface area (Å²) in [5, 5.41) is 9.05. The molecule has 0 saturated carbocycles. The van der Waals surface area contributed by atoms with Crippen LogP contribution in [-0.2, 0) is 15.8 Å². The molecule has 0 aromatic heterocycles. The first-order valence-electron chi connectivity index (χ1n) is 7.09. The van der Waals surface area contributed by atoms with Crippen molar-refractivity contribution in [2.75, 3.05) is 13.1 Å². The largest absolute Gasteiger partial charge is 0.218 e. The quantitative estimate of drug-likeness (QED) is 0.860. The summed E-state index contributed by atoms with van der Waals surface area (Å²) in [6.45, 7) is 1.22. The minimum atomic E-state index is -3.33. The molecule has 1 aliphatic rings. The fourth-order valence-corrected chi connectivity index (χ4v) is 4.18. The van der Waals surface area contributed by atoms with Crippen LogP contribution in [0.4, 0.5) is 0 Å². The molecule has 0 spiro atoms. The van der Waals surface area contributed by atoms with Gasteiger partial charge in [0.25, 0.3) is 0 Å². The van der Waals surface area contributed by atoms with E-state index >= 15 is 0 Å². The normalized spacial score (nSPS) is 17.9. The van der Waals surface area contributed by atoms with Gasteiger partial charge in [0.1, 0.15) is 0 Å². The summed E-state index contributed by atoms with van der Waals surface area (Å²) in [5.41, 5.74) is 1.04. The summed E-state index contributed by atoms with van der Waals surface area (Å²) in [7, 11) is -3.33. The number of benzene rings is 1. The number of hydrogen-bond acceptors (Lipinski definition) is 3. The smallest absolute Gasteiger partial charge is 0.212 e. The van der Waals surface area contributed by atoms with Gasteiger partial charge in [0.05, 0.1) is 17.4 Å². The second-order valence-electron chi connectivity index (χ2n) is 5.19. The summed E-state index contributed by atoms with van der Waals surface area (Å²) >= 11 is 0. The van der Waals surface area contributed by atoms with Gasteiger partial charge in [0, 0.05) is 13.1 Å². The monoisotopic (exact) mass is 292 g/mol. The number of rotatable bonds is 3. The minimum absolute atomic E-state index is 0.0727. The first kappa shape index (κ1) is 15.0. The number of nitriles is 1. The lowest BCUT2D eigenvalue weighted by atomic mass is 10.1. The predicted molar refractivity (Wildman–Crippen MR) is 78.4 cm³/mol. The third-order valence-corrected chi connectivity index (χ3v) is 5.51. The van der Waals surface area contributed by atoms with Crippen LogP contribution in [0.5, 0.6) is 0 Å². The van der Waals surface area contributed by atoms with E-state index in [0.29, 0.717) is 24.2 Å². The summed E-state index contributed by atoms with van der Waals surface area (Å²) in [6, 6.07) is 8.98. The van der Waals surface area contributed by atoms with Gasteiger partial charge in [-0.05, 0) is 24.5 Å². The molecule has 0 N–H and O–H groups in total. The van der Waals surface area contributed by atoms with Gasteiger partial charge in [-0.2, -0.15) is 5.26 Å². The van der Waals surface area contributed by atoms with Crippen LogP contribution in [0.25, 0.3) is 0 Å². The molecule has 0 bridgehead atoms. The molecule has 0 radical (unpaired) electrons. The number of nitrogens with zero attached hydrogens (tertiary/aromatic N) is 2. The van der Waals surface area contributed by atoms with Gasteiger partial charge in [0.2, 0.25) is 10.0 Å². The molecule has 0 atom stereocenters. The molecule has 2 rings (SSSR count). The highest BCUT2D eigenvalue weighted by Gasteiger charge is 2.23. The van der Waals surface area contributed by atoms with E-state index in [9.17, 15) is 8.42 Å². The van der Waals surface area contributed by atoms with Crippen molar-refractivity contribution in [2.24, 2.45) is 0 Å². The Hall–Kier alpha value is -1.38. The van der Waals surface area contributed by atoms with Crippen molar-refractivity contribution >= 4 is 10.0 Å². The lowest BCUT2D eigenvalue weighted by Crippen LogP contribution is -2.34. The van der Waals surface area contributed by atoms with E-state index in [0.717, 1.165) is 25.7 Å². The third kappa shape index (κ3) is 3.81. The molecule has 1 aromatic rings. The SMILES string of the molecule is N#Cc1ccccc1CS(=O)(=O)N1CCCCCCC1. The summed E-state index contributed by atoms with van der Waals surface area (Å²) in [6.07, 6.45) is 5.25. The van der Waals surface area contributed by atoms with Gasteiger partial charge in [-0.1, -0.05) is 37.5 Å². The van der Waals surface area contributed by atoms with Crippen molar-refractivity contribution in [1.82, 2.24) is 4.31 Å². The second-order valence-corrected chi connectivity index (χ2v) is 7.16. The van der Waals surface area contributed by atoms with Crippen molar-refractivity contribution in [3.63, 3.8) is 0 Å². The predicted octanol–water partition coefficient (Wildman–Crippen LogP) is 2.65. The standard InChI is InChI=1S/C15H20N2O2S/c16-12-14-8-4-5-9-15(14)13-20(18,19)17-10-6-2-1-3-7-11-17/h4-5,8-9H,1-3,6-7,10-11,13H2. The maximum absolute atomic E-state index is 12.5. The zero-order valence-corrected chi connectivity index (χ0v) is 12.4. The summed E-state index contributed by atoms with van der Waals surface area (Å²) < 4.78 is 26.6. The molecule has 0 amide bonds. The van der Waals surface area contributed by atoms with Crippen molar-refractivity contribution in [2.45, 2.75) is 37.9 Å². The molecule has 1 saturated heterocycles. The molecule has 20 heavy (non-hydrogen) atoms. The van der Waals surface area contributed by atoms with Crippen LogP contribution >= 0.6 is 0 Å². The molecule has 4 nitrogen and oxygen atoms in total. The third-order valence-electron chi connectivity index (χ3n) is 3.68. The lowest BCUT2D eigenvalue weighted by Gasteiger charge is -2.24. The molecule has 108 valence electrons. The van der Waals surface area contributed by atoms with Crippen LogP contribution in [0.15, 0.2) is 24.3 Å². The molecule has 0 unspecified atom stereocenters. The van der Waals surface area contributed by atoms with E-state index < -0.39 is 10.0 Å². The molecular weight excluding hydrogens is 272 g/mol. The Morgan fingerprint density at radius 3 is 2.30 bits per heavy atom. The van der Waals surface area contributed by atoms with Crippen LogP contribution in [0, 0.1) is 11.3 Å². The highest BCUT2D eigenvalue weighted by atomic mass is 32.2. The maximum atomic E-state index is 12.5. The van der Waals surface area contributed by atoms with Crippen LogP contribution in [0.3, 0.4) is 0 Å². The molecule has 5 heteroatoms. The molecule has 1 heterocycles. The maximum Gasteiger partial charge on any atom is 0.218 e. The highest BCUT2D eigenvalue weighted by molar-refractivity contribution is 7.88. The number of hydrogen-bond donors (Lipinski definition) is 0. The van der Waals surface area contributed by atoms with Crippen molar-refractivity contribution in [3.8, 4) is 6.07 Å². The van der Waals surface area contributed by atoms with E-state index in [4.69, 9.17) is 5.26 Å². The van der Waals surface area contributed by atoms with Crippen molar-refractivity contribution < 1.29 is 8.42 Å². The van der Waals surface area contributed by atoms with Gasteiger partial charge < -0.3 is 0 Å². The minimum Gasteiger partial charge on any atom is -0.212 e. The summed E-state index contributed by atoms with van der Waals surface area (Å²) in [4.78, 5) is 0. The van der Waals surface area contributed by atoms with E-state index in [1.807, 2.05) is 0 Å². The Bertz CT molecular complexity index is 582. The molecular formula is C15H20N2O2S. The van der Waals surface area contributed by atoms with Gasteiger partial charge in [-0.3, -0.25) is 0 Å². The fraction of sp³-hybridized carbons (Fsp3) is 0.533. The lowest BCUT2D eigenvalue weighted by molar-refractivity contribution is 0.363. The van der Waals surface area contributed by atoms with Gasteiger partial charge in [-0.15, -0.1) is 0 Å². The van der Waals surface area contributed by atoms with E-state index in [1.54, 1.807) is 28.6 Å². The van der Waals surface area contributed by atoms with Crippen LogP contribution in [0.2, 0.25) is 0 Å². The highest BCUT2D eigenvalue weighted by Crippen LogP contribution is 2.18. The first-order chi connectivity index (χ1) is 9.63. The van der Waals surface area contributed by atoms with E-state index in [2.05, 4.69) is 6.07 Å². The average Bonchev–Trinajstić information content (AvgIpc) is 2.38. The van der Waals surface area contributed by atoms with E-state index in [-0.39, 0.29) is 5.75 Å². The van der Waals surface area contributed by atoms with Crippen LogP contribution < -0.4 is 0 Å². The first-order valence-corrected chi connectivity index (χ1v) is 8.70. The topological polar surface area (TPSA) is 61.2 Å². The number of sulfonamides is 1. The van der Waals surface area contributed by atoms with Crippen LogP contribution in [0.1, 0.15) is 43.2 Å². The molecule has 1 fully saturated rings. The Morgan fingerprint density at radius 1 is 1.05 bits per heavy atom.